The van der Waals surface area contributed by atoms with Crippen molar-refractivity contribution in [1.82, 2.24) is 30.2 Å². The smallest absolute Gasteiger partial charge is 0.163 e. The summed E-state index contributed by atoms with van der Waals surface area (Å²) in [6.45, 7) is 3.42. The number of piperidine rings is 1. The number of rotatable bonds is 2. The number of nitrogens with zero attached hydrogens (tertiary/aromatic N) is 5. The van der Waals surface area contributed by atoms with Gasteiger partial charge in [-0.3, -0.25) is 4.98 Å². The highest BCUT2D eigenvalue weighted by Gasteiger charge is 2.50. The Hall–Kier alpha value is -3.62. The molecule has 2 unspecified atom stereocenters. The zero-order valence-corrected chi connectivity index (χ0v) is 20.1. The van der Waals surface area contributed by atoms with Gasteiger partial charge in [-0.1, -0.05) is 18.2 Å². The molecular formula is C28H27N7O. The zero-order chi connectivity index (χ0) is 24.0. The van der Waals surface area contributed by atoms with Gasteiger partial charge in [0.25, 0.3) is 0 Å². The third-order valence-electron chi connectivity index (χ3n) is 8.63. The maximum Gasteiger partial charge on any atom is 0.163 e. The van der Waals surface area contributed by atoms with Crippen molar-refractivity contribution in [2.24, 2.45) is 0 Å². The molecule has 1 saturated heterocycles. The first kappa shape index (κ1) is 20.6. The number of H-pyrrole nitrogens is 1. The van der Waals surface area contributed by atoms with E-state index in [1.165, 1.54) is 5.56 Å². The lowest BCUT2D eigenvalue weighted by molar-refractivity contribution is 0.00579. The first-order valence-electron chi connectivity index (χ1n) is 12.8. The van der Waals surface area contributed by atoms with E-state index in [2.05, 4.69) is 37.3 Å². The maximum atomic E-state index is 11.5. The predicted molar refractivity (Wildman–Crippen MR) is 140 cm³/mol. The van der Waals surface area contributed by atoms with Crippen LogP contribution in [-0.2, 0) is 0 Å². The van der Waals surface area contributed by atoms with Crippen LogP contribution in [0, 0.1) is 0 Å². The molecule has 0 bridgehead atoms. The molecule has 0 radical (unpaired) electrons. The summed E-state index contributed by atoms with van der Waals surface area (Å²) < 4.78 is 0. The van der Waals surface area contributed by atoms with Crippen LogP contribution in [0.2, 0.25) is 0 Å². The lowest BCUT2D eigenvalue weighted by Crippen LogP contribution is -2.65. The molecule has 4 aromatic heterocycles. The standard InChI is InChI=1S/C28H27N7O/c1-28(36)14-29-10-9-22(28)35-21-7-6-15(21)18-12-30-13-20-24(18)27(35)34-25(33-20)17-8-11-31-26-23(17)16-4-2-3-5-19(16)32-26/h2-5,8,11-13,15,21-22,29,36H,6-7,9-10,14H2,1H3,(H,31,32)/t15?,21?,22-,28-/m1/s1. The molecule has 8 heteroatoms. The summed E-state index contributed by atoms with van der Waals surface area (Å²) in [5.74, 6) is 2.02. The van der Waals surface area contributed by atoms with E-state index in [-0.39, 0.29) is 6.04 Å². The van der Waals surface area contributed by atoms with Crippen LogP contribution in [0.5, 0.6) is 0 Å². The molecule has 4 atom stereocenters. The lowest BCUT2D eigenvalue weighted by Gasteiger charge is -2.55. The minimum Gasteiger partial charge on any atom is -0.387 e. The Balaban J connectivity index is 1.41. The van der Waals surface area contributed by atoms with Crippen LogP contribution in [0.3, 0.4) is 0 Å². The first-order valence-corrected chi connectivity index (χ1v) is 12.8. The van der Waals surface area contributed by atoms with E-state index in [0.717, 1.165) is 70.0 Å². The molecule has 1 aromatic carbocycles. The molecule has 36 heavy (non-hydrogen) atoms. The Morgan fingerprint density at radius 3 is 2.83 bits per heavy atom. The van der Waals surface area contributed by atoms with E-state index in [9.17, 15) is 5.11 Å². The van der Waals surface area contributed by atoms with E-state index in [1.54, 1.807) is 0 Å². The van der Waals surface area contributed by atoms with Crippen LogP contribution in [-0.4, -0.2) is 60.8 Å². The average molecular weight is 478 g/mol. The minimum absolute atomic E-state index is 0.00985. The van der Waals surface area contributed by atoms with Crippen molar-refractivity contribution in [3.63, 3.8) is 0 Å². The van der Waals surface area contributed by atoms with Crippen molar-refractivity contribution >= 4 is 38.7 Å². The Morgan fingerprint density at radius 1 is 1.06 bits per heavy atom. The van der Waals surface area contributed by atoms with Gasteiger partial charge in [-0.15, -0.1) is 0 Å². The Kier molecular flexibility index (Phi) is 4.12. The molecular weight excluding hydrogens is 450 g/mol. The van der Waals surface area contributed by atoms with Gasteiger partial charge in [-0.2, -0.15) is 0 Å². The highest BCUT2D eigenvalue weighted by Crippen LogP contribution is 2.52. The molecule has 8 nitrogen and oxygen atoms in total. The summed E-state index contributed by atoms with van der Waals surface area (Å²) in [6, 6.07) is 10.6. The second kappa shape index (κ2) is 7.21. The van der Waals surface area contributed by atoms with Crippen molar-refractivity contribution < 1.29 is 5.11 Å². The molecule has 2 aliphatic heterocycles. The third kappa shape index (κ3) is 2.71. The van der Waals surface area contributed by atoms with Crippen LogP contribution >= 0.6 is 0 Å². The van der Waals surface area contributed by atoms with E-state index in [0.29, 0.717) is 24.3 Å². The molecule has 0 amide bonds. The van der Waals surface area contributed by atoms with Gasteiger partial charge < -0.3 is 20.3 Å². The average Bonchev–Trinajstić information content (AvgIpc) is 3.24. The number of fused-ring (bicyclic) bond motifs is 5. The minimum atomic E-state index is -0.846. The molecule has 5 aromatic rings. The van der Waals surface area contributed by atoms with Gasteiger partial charge in [-0.05, 0) is 50.4 Å². The quantitative estimate of drug-likeness (QED) is 0.354. The van der Waals surface area contributed by atoms with Crippen LogP contribution in [0.15, 0.2) is 48.9 Å². The molecule has 1 saturated carbocycles. The monoisotopic (exact) mass is 477 g/mol. The summed E-state index contributed by atoms with van der Waals surface area (Å²) in [6.07, 6.45) is 8.79. The van der Waals surface area contributed by atoms with Crippen LogP contribution in [0.25, 0.3) is 44.2 Å². The van der Waals surface area contributed by atoms with Crippen LogP contribution in [0.1, 0.15) is 37.7 Å². The highest BCUT2D eigenvalue weighted by molar-refractivity contribution is 6.12. The fourth-order valence-electron chi connectivity index (χ4n) is 6.79. The molecule has 6 heterocycles. The van der Waals surface area contributed by atoms with Crippen molar-refractivity contribution in [2.45, 2.75) is 49.8 Å². The molecule has 2 fully saturated rings. The highest BCUT2D eigenvalue weighted by atomic mass is 16.3. The molecule has 180 valence electrons. The molecule has 0 spiro atoms. The van der Waals surface area contributed by atoms with Crippen molar-refractivity contribution in [2.75, 3.05) is 18.0 Å². The van der Waals surface area contributed by atoms with E-state index < -0.39 is 5.60 Å². The number of aliphatic hydroxyl groups is 1. The number of nitrogens with one attached hydrogen (secondary N) is 2. The van der Waals surface area contributed by atoms with Gasteiger partial charge >= 0.3 is 0 Å². The second-order valence-electron chi connectivity index (χ2n) is 10.7. The molecule has 3 aliphatic rings. The predicted octanol–water partition coefficient (Wildman–Crippen LogP) is 3.90. The normalized spacial score (nSPS) is 27.4. The number of aromatic amines is 1. The van der Waals surface area contributed by atoms with Gasteiger partial charge in [0.2, 0.25) is 0 Å². The Labute approximate surface area is 207 Å². The molecule has 1 aliphatic carbocycles. The van der Waals surface area contributed by atoms with E-state index in [4.69, 9.17) is 9.97 Å². The number of hydrogen-bond donors (Lipinski definition) is 3. The Bertz CT molecular complexity index is 1680. The lowest BCUT2D eigenvalue weighted by atomic mass is 9.69. The van der Waals surface area contributed by atoms with Crippen LogP contribution in [0.4, 0.5) is 5.82 Å². The number of aromatic nitrogens is 5. The molecule has 3 N–H and O–H groups in total. The second-order valence-corrected chi connectivity index (χ2v) is 10.7. The zero-order valence-electron chi connectivity index (χ0n) is 20.1. The summed E-state index contributed by atoms with van der Waals surface area (Å²) in [5.41, 5.74) is 4.09. The van der Waals surface area contributed by atoms with Gasteiger partial charge in [0.1, 0.15) is 11.5 Å². The first-order chi connectivity index (χ1) is 17.6. The number of para-hydroxylation sites is 1. The SMILES string of the molecule is C[C@@]1(O)CNCC[C@H]1N1c2nc(-c3ccnc4[nH]c5ccccc5c34)nc3cncc(c23)C2CCC21. The fourth-order valence-corrected chi connectivity index (χ4v) is 6.79. The number of β-amino-alcohol motifs (C(OH)–C–C–N with tert-alkyl or cyclic N) is 1. The summed E-state index contributed by atoms with van der Waals surface area (Å²) in [7, 11) is 0. The topological polar surface area (TPSA) is 103 Å². The maximum absolute atomic E-state index is 11.5. The van der Waals surface area contributed by atoms with Gasteiger partial charge in [-0.25, -0.2) is 15.0 Å². The summed E-state index contributed by atoms with van der Waals surface area (Å²) in [4.78, 5) is 25.4. The Morgan fingerprint density at radius 2 is 1.97 bits per heavy atom. The fraction of sp³-hybridized carbons (Fsp3) is 0.357. The van der Waals surface area contributed by atoms with E-state index in [1.807, 2.05) is 43.7 Å². The van der Waals surface area contributed by atoms with Crippen LogP contribution < -0.4 is 10.2 Å². The van der Waals surface area contributed by atoms with Gasteiger partial charge in [0.15, 0.2) is 5.82 Å². The van der Waals surface area contributed by atoms with E-state index >= 15 is 0 Å². The number of pyridine rings is 2. The summed E-state index contributed by atoms with van der Waals surface area (Å²) >= 11 is 0. The third-order valence-corrected chi connectivity index (χ3v) is 8.63. The van der Waals surface area contributed by atoms with Crippen molar-refractivity contribution in [3.05, 3.63) is 54.5 Å². The van der Waals surface area contributed by atoms with Crippen molar-refractivity contribution in [1.29, 1.82) is 0 Å². The largest absolute Gasteiger partial charge is 0.387 e. The number of anilines is 1. The van der Waals surface area contributed by atoms with Gasteiger partial charge in [0, 0.05) is 58.1 Å². The van der Waals surface area contributed by atoms with Gasteiger partial charge in [0.05, 0.1) is 23.4 Å². The number of benzene rings is 1. The number of hydrogen-bond acceptors (Lipinski definition) is 7. The summed E-state index contributed by atoms with van der Waals surface area (Å²) in [5, 5.41) is 18.1. The molecule has 8 rings (SSSR count). The van der Waals surface area contributed by atoms with Crippen molar-refractivity contribution in [3.8, 4) is 11.4 Å².